The molecule has 82 valence electrons. The maximum atomic E-state index is 13.1. The third kappa shape index (κ3) is 2.06. The Morgan fingerprint density at radius 3 is 2.73 bits per heavy atom. The fourth-order valence-electron chi connectivity index (χ4n) is 2.67. The molecule has 0 saturated carbocycles. The maximum Gasteiger partial charge on any atom is 0.123 e. The smallest absolute Gasteiger partial charge is 0.123 e. The van der Waals surface area contributed by atoms with Crippen LogP contribution in [0.4, 0.5) is 4.39 Å². The average Bonchev–Trinajstić information content (AvgIpc) is 2.18. The van der Waals surface area contributed by atoms with Crippen LogP contribution in [0.25, 0.3) is 0 Å². The van der Waals surface area contributed by atoms with Crippen molar-refractivity contribution in [2.75, 3.05) is 0 Å². The van der Waals surface area contributed by atoms with Crippen molar-refractivity contribution >= 4 is 0 Å². The Hall–Kier alpha value is -0.850. The van der Waals surface area contributed by atoms with Gasteiger partial charge in [-0.2, -0.15) is 0 Å². The number of rotatable bonds is 1. The van der Waals surface area contributed by atoms with Crippen LogP contribution in [-0.2, 0) is 6.42 Å². The first-order valence-corrected chi connectivity index (χ1v) is 5.86. The SMILES string of the molecule is CC1CC(C(C)C)Cc2ccc(F)cc21. The molecular weight excluding hydrogens is 187 g/mol. The van der Waals surface area contributed by atoms with Crippen LogP contribution in [0.15, 0.2) is 18.2 Å². The summed E-state index contributed by atoms with van der Waals surface area (Å²) < 4.78 is 13.1. The molecule has 1 aromatic carbocycles. The van der Waals surface area contributed by atoms with Gasteiger partial charge in [0.05, 0.1) is 0 Å². The highest BCUT2D eigenvalue weighted by Gasteiger charge is 2.26. The van der Waals surface area contributed by atoms with E-state index in [1.165, 1.54) is 17.5 Å². The molecule has 2 atom stereocenters. The Balaban J connectivity index is 2.32. The quantitative estimate of drug-likeness (QED) is 0.647. The lowest BCUT2D eigenvalue weighted by molar-refractivity contribution is 0.318. The van der Waals surface area contributed by atoms with Gasteiger partial charge in [-0.3, -0.25) is 0 Å². The molecule has 2 rings (SSSR count). The van der Waals surface area contributed by atoms with Crippen molar-refractivity contribution in [2.45, 2.75) is 39.5 Å². The summed E-state index contributed by atoms with van der Waals surface area (Å²) in [4.78, 5) is 0. The molecule has 0 aromatic heterocycles. The van der Waals surface area contributed by atoms with Crippen LogP contribution in [0.2, 0.25) is 0 Å². The molecule has 0 radical (unpaired) electrons. The third-order valence-electron chi connectivity index (χ3n) is 3.72. The van der Waals surface area contributed by atoms with E-state index >= 15 is 0 Å². The Morgan fingerprint density at radius 2 is 2.07 bits per heavy atom. The molecule has 15 heavy (non-hydrogen) atoms. The van der Waals surface area contributed by atoms with Crippen molar-refractivity contribution < 1.29 is 4.39 Å². The molecule has 1 aromatic rings. The second kappa shape index (κ2) is 3.96. The van der Waals surface area contributed by atoms with Crippen LogP contribution in [0.5, 0.6) is 0 Å². The molecule has 0 nitrogen and oxygen atoms in total. The standard InChI is InChI=1S/C14H19F/c1-9(2)12-6-10(3)14-8-13(15)5-4-11(14)7-12/h4-5,8-10,12H,6-7H2,1-3H3. The minimum Gasteiger partial charge on any atom is -0.207 e. The van der Waals surface area contributed by atoms with Crippen LogP contribution in [0, 0.1) is 17.7 Å². The van der Waals surface area contributed by atoms with Crippen molar-refractivity contribution in [3.05, 3.63) is 35.1 Å². The lowest BCUT2D eigenvalue weighted by Crippen LogP contribution is -2.21. The summed E-state index contributed by atoms with van der Waals surface area (Å²) in [6.45, 7) is 6.78. The highest BCUT2D eigenvalue weighted by molar-refractivity contribution is 5.33. The summed E-state index contributed by atoms with van der Waals surface area (Å²) in [7, 11) is 0. The second-order valence-electron chi connectivity index (χ2n) is 5.19. The highest BCUT2D eigenvalue weighted by atomic mass is 19.1. The van der Waals surface area contributed by atoms with Gasteiger partial charge in [0.1, 0.15) is 5.82 Å². The zero-order valence-electron chi connectivity index (χ0n) is 9.76. The normalized spacial score (nSPS) is 25.4. The first kappa shape index (κ1) is 10.7. The molecule has 0 saturated heterocycles. The minimum atomic E-state index is -0.0939. The van der Waals surface area contributed by atoms with Crippen molar-refractivity contribution in [3.8, 4) is 0 Å². The van der Waals surface area contributed by atoms with Gasteiger partial charge in [0.25, 0.3) is 0 Å². The van der Waals surface area contributed by atoms with E-state index in [4.69, 9.17) is 0 Å². The van der Waals surface area contributed by atoms with Crippen LogP contribution >= 0.6 is 0 Å². The van der Waals surface area contributed by atoms with Gasteiger partial charge in [0.2, 0.25) is 0 Å². The van der Waals surface area contributed by atoms with E-state index in [2.05, 4.69) is 20.8 Å². The van der Waals surface area contributed by atoms with Gasteiger partial charge >= 0.3 is 0 Å². The van der Waals surface area contributed by atoms with Gasteiger partial charge < -0.3 is 0 Å². The van der Waals surface area contributed by atoms with E-state index in [0.717, 1.165) is 18.3 Å². The second-order valence-corrected chi connectivity index (χ2v) is 5.19. The summed E-state index contributed by atoms with van der Waals surface area (Å²) in [5, 5.41) is 0. The molecule has 0 fully saturated rings. The molecule has 0 heterocycles. The zero-order valence-corrected chi connectivity index (χ0v) is 9.76. The first-order valence-electron chi connectivity index (χ1n) is 5.86. The monoisotopic (exact) mass is 206 g/mol. The van der Waals surface area contributed by atoms with E-state index in [-0.39, 0.29) is 5.82 Å². The minimum absolute atomic E-state index is 0.0939. The average molecular weight is 206 g/mol. The number of fused-ring (bicyclic) bond motifs is 1. The molecule has 0 amide bonds. The predicted octanol–water partition coefficient (Wildman–Crippen LogP) is 4.15. The van der Waals surface area contributed by atoms with Gasteiger partial charge in [0, 0.05) is 0 Å². The zero-order chi connectivity index (χ0) is 11.0. The van der Waals surface area contributed by atoms with Gasteiger partial charge in [-0.25, -0.2) is 4.39 Å². The third-order valence-corrected chi connectivity index (χ3v) is 3.72. The summed E-state index contributed by atoms with van der Waals surface area (Å²) in [5.41, 5.74) is 2.58. The number of benzene rings is 1. The van der Waals surface area contributed by atoms with Gasteiger partial charge in [-0.1, -0.05) is 26.8 Å². The molecular formula is C14H19F. The Kier molecular flexibility index (Phi) is 2.81. The van der Waals surface area contributed by atoms with E-state index in [0.29, 0.717) is 5.92 Å². The van der Waals surface area contributed by atoms with Crippen LogP contribution in [0.1, 0.15) is 44.2 Å². The van der Waals surface area contributed by atoms with Crippen LogP contribution in [-0.4, -0.2) is 0 Å². The Morgan fingerprint density at radius 1 is 1.33 bits per heavy atom. The highest BCUT2D eigenvalue weighted by Crippen LogP contribution is 2.37. The van der Waals surface area contributed by atoms with Gasteiger partial charge in [-0.05, 0) is 53.9 Å². The molecule has 0 aliphatic heterocycles. The molecule has 1 heteroatoms. The van der Waals surface area contributed by atoms with Gasteiger partial charge in [0.15, 0.2) is 0 Å². The number of halogens is 1. The fraction of sp³-hybridized carbons (Fsp3) is 0.571. The van der Waals surface area contributed by atoms with Crippen molar-refractivity contribution in [1.82, 2.24) is 0 Å². The lowest BCUT2D eigenvalue weighted by Gasteiger charge is -2.32. The lowest BCUT2D eigenvalue weighted by atomic mass is 9.73. The van der Waals surface area contributed by atoms with E-state index in [1.807, 2.05) is 6.07 Å². The first-order chi connectivity index (χ1) is 7.08. The van der Waals surface area contributed by atoms with Crippen molar-refractivity contribution in [1.29, 1.82) is 0 Å². The van der Waals surface area contributed by atoms with Crippen molar-refractivity contribution in [2.24, 2.45) is 11.8 Å². The number of hydrogen-bond donors (Lipinski definition) is 0. The molecule has 0 N–H and O–H groups in total. The van der Waals surface area contributed by atoms with E-state index in [1.54, 1.807) is 12.1 Å². The van der Waals surface area contributed by atoms with Crippen LogP contribution in [0.3, 0.4) is 0 Å². The van der Waals surface area contributed by atoms with E-state index < -0.39 is 0 Å². The Bertz CT molecular complexity index is 354. The summed E-state index contributed by atoms with van der Waals surface area (Å²) >= 11 is 0. The molecule has 2 unspecified atom stereocenters. The summed E-state index contributed by atoms with van der Waals surface area (Å²) in [5.74, 6) is 1.91. The van der Waals surface area contributed by atoms with Crippen LogP contribution < -0.4 is 0 Å². The van der Waals surface area contributed by atoms with Crippen molar-refractivity contribution in [3.63, 3.8) is 0 Å². The van der Waals surface area contributed by atoms with Gasteiger partial charge in [-0.15, -0.1) is 0 Å². The maximum absolute atomic E-state index is 13.1. The topological polar surface area (TPSA) is 0 Å². The van der Waals surface area contributed by atoms with E-state index in [9.17, 15) is 4.39 Å². The molecule has 0 spiro atoms. The summed E-state index contributed by atoms with van der Waals surface area (Å²) in [6.07, 6.45) is 2.33. The summed E-state index contributed by atoms with van der Waals surface area (Å²) in [6, 6.07) is 5.28. The Labute approximate surface area is 91.5 Å². The molecule has 1 aliphatic rings. The number of hydrogen-bond acceptors (Lipinski definition) is 0. The fourth-order valence-corrected chi connectivity index (χ4v) is 2.67. The largest absolute Gasteiger partial charge is 0.207 e. The predicted molar refractivity (Wildman–Crippen MR) is 61.5 cm³/mol. The molecule has 1 aliphatic carbocycles. The molecule has 0 bridgehead atoms.